The van der Waals surface area contributed by atoms with Crippen molar-refractivity contribution in [3.63, 3.8) is 0 Å². The second-order valence-electron chi connectivity index (χ2n) is 6.03. The average molecular weight is 359 g/mol. The van der Waals surface area contributed by atoms with Crippen LogP contribution in [0.25, 0.3) is 10.9 Å². The quantitative estimate of drug-likeness (QED) is 0.780. The zero-order chi connectivity index (χ0) is 17.4. The maximum absolute atomic E-state index is 13.5. The standard InChI is InChI=1S/C18H18FN3O2S/c19-15-4-2-5-16(13-15)25(23,24)22-10-7-14-3-1-6-17(18(14)22)21-11-8-20-9-12-21/h1-7,10,13,20H,8-9,11-12H2. The van der Waals surface area contributed by atoms with Crippen molar-refractivity contribution in [2.45, 2.75) is 4.90 Å². The van der Waals surface area contributed by atoms with Crippen LogP contribution in [0.2, 0.25) is 0 Å². The van der Waals surface area contributed by atoms with Gasteiger partial charge < -0.3 is 10.2 Å². The van der Waals surface area contributed by atoms with E-state index in [-0.39, 0.29) is 4.90 Å². The Kier molecular flexibility index (Phi) is 3.97. The van der Waals surface area contributed by atoms with E-state index in [9.17, 15) is 12.8 Å². The molecule has 0 amide bonds. The smallest absolute Gasteiger partial charge is 0.268 e. The Hall–Kier alpha value is -2.38. The maximum Gasteiger partial charge on any atom is 0.268 e. The van der Waals surface area contributed by atoms with E-state index in [0.717, 1.165) is 43.3 Å². The number of para-hydroxylation sites is 1. The number of fused-ring (bicyclic) bond motifs is 1. The van der Waals surface area contributed by atoms with Crippen molar-refractivity contribution in [3.8, 4) is 0 Å². The summed E-state index contributed by atoms with van der Waals surface area (Å²) in [7, 11) is -3.87. The molecule has 4 rings (SSSR count). The van der Waals surface area contributed by atoms with Gasteiger partial charge in [0.15, 0.2) is 0 Å². The molecule has 2 heterocycles. The molecule has 0 aliphatic carbocycles. The van der Waals surface area contributed by atoms with Gasteiger partial charge in [-0.1, -0.05) is 18.2 Å². The third kappa shape index (κ3) is 2.79. The van der Waals surface area contributed by atoms with E-state index in [1.807, 2.05) is 18.2 Å². The van der Waals surface area contributed by atoms with Gasteiger partial charge >= 0.3 is 0 Å². The molecule has 1 fully saturated rings. The summed E-state index contributed by atoms with van der Waals surface area (Å²) in [6.45, 7) is 3.33. The molecule has 0 spiro atoms. The van der Waals surface area contributed by atoms with Crippen LogP contribution >= 0.6 is 0 Å². The highest BCUT2D eigenvalue weighted by Gasteiger charge is 2.23. The summed E-state index contributed by atoms with van der Waals surface area (Å²) in [5.41, 5.74) is 1.51. The molecule has 0 radical (unpaired) electrons. The number of halogens is 1. The molecule has 1 aromatic heterocycles. The van der Waals surface area contributed by atoms with Crippen molar-refractivity contribution >= 4 is 26.6 Å². The summed E-state index contributed by atoms with van der Waals surface area (Å²) in [4.78, 5) is 2.12. The topological polar surface area (TPSA) is 54.3 Å². The van der Waals surface area contributed by atoms with E-state index < -0.39 is 15.8 Å². The average Bonchev–Trinajstić information content (AvgIpc) is 3.07. The number of hydrogen-bond donors (Lipinski definition) is 1. The molecule has 1 N–H and O–H groups in total. The maximum atomic E-state index is 13.5. The van der Waals surface area contributed by atoms with Gasteiger partial charge in [-0.25, -0.2) is 16.8 Å². The van der Waals surface area contributed by atoms with Gasteiger partial charge in [0.25, 0.3) is 10.0 Å². The summed E-state index contributed by atoms with van der Waals surface area (Å²) in [6.07, 6.45) is 1.54. The molecule has 1 aliphatic heterocycles. The summed E-state index contributed by atoms with van der Waals surface area (Å²) < 4.78 is 40.9. The summed E-state index contributed by atoms with van der Waals surface area (Å²) >= 11 is 0. The van der Waals surface area contributed by atoms with E-state index in [0.29, 0.717) is 5.52 Å². The highest BCUT2D eigenvalue weighted by molar-refractivity contribution is 7.90. The lowest BCUT2D eigenvalue weighted by molar-refractivity contribution is 0.583. The molecule has 25 heavy (non-hydrogen) atoms. The SMILES string of the molecule is O=S(=O)(c1cccc(F)c1)n1ccc2cccc(N3CCNCC3)c21. The lowest BCUT2D eigenvalue weighted by Crippen LogP contribution is -2.43. The van der Waals surface area contributed by atoms with Crippen LogP contribution in [0.5, 0.6) is 0 Å². The third-order valence-corrected chi connectivity index (χ3v) is 6.14. The van der Waals surface area contributed by atoms with Crippen molar-refractivity contribution in [1.29, 1.82) is 0 Å². The molecule has 3 aromatic rings. The first-order chi connectivity index (χ1) is 12.1. The molecule has 1 saturated heterocycles. The monoisotopic (exact) mass is 359 g/mol. The fourth-order valence-corrected chi connectivity index (χ4v) is 4.65. The fraction of sp³-hybridized carbons (Fsp3) is 0.222. The van der Waals surface area contributed by atoms with Gasteiger partial charge in [-0.05, 0) is 30.3 Å². The van der Waals surface area contributed by atoms with Gasteiger partial charge in [0, 0.05) is 37.8 Å². The Bertz CT molecular complexity index is 1020. The first kappa shape index (κ1) is 16.1. The molecule has 0 bridgehead atoms. The summed E-state index contributed by atoms with van der Waals surface area (Å²) in [5, 5.41) is 4.14. The van der Waals surface area contributed by atoms with Gasteiger partial charge in [0.05, 0.1) is 16.1 Å². The number of benzene rings is 2. The highest BCUT2D eigenvalue weighted by atomic mass is 32.2. The third-order valence-electron chi connectivity index (χ3n) is 4.47. The molecule has 7 heteroatoms. The minimum absolute atomic E-state index is 0.0555. The Morgan fingerprint density at radius 3 is 2.52 bits per heavy atom. The van der Waals surface area contributed by atoms with Gasteiger partial charge in [-0.3, -0.25) is 0 Å². The van der Waals surface area contributed by atoms with Gasteiger partial charge in [-0.15, -0.1) is 0 Å². The second kappa shape index (κ2) is 6.16. The number of aromatic nitrogens is 1. The van der Waals surface area contributed by atoms with Crippen molar-refractivity contribution in [1.82, 2.24) is 9.29 Å². The first-order valence-corrected chi connectivity index (χ1v) is 9.58. The van der Waals surface area contributed by atoms with Crippen molar-refractivity contribution in [2.75, 3.05) is 31.1 Å². The van der Waals surface area contributed by atoms with Gasteiger partial charge in [-0.2, -0.15) is 0 Å². The molecule has 5 nitrogen and oxygen atoms in total. The first-order valence-electron chi connectivity index (χ1n) is 8.14. The Balaban J connectivity index is 1.90. The van der Waals surface area contributed by atoms with Crippen LogP contribution in [0, 0.1) is 5.82 Å². The molecular weight excluding hydrogens is 341 g/mol. The lowest BCUT2D eigenvalue weighted by Gasteiger charge is -2.30. The molecule has 130 valence electrons. The molecule has 0 unspecified atom stereocenters. The Morgan fingerprint density at radius 1 is 1.00 bits per heavy atom. The molecule has 2 aromatic carbocycles. The Labute approximate surface area is 145 Å². The molecule has 0 saturated carbocycles. The zero-order valence-electron chi connectivity index (χ0n) is 13.5. The van der Waals surface area contributed by atoms with E-state index in [4.69, 9.17) is 0 Å². The number of piperazine rings is 1. The van der Waals surface area contributed by atoms with Crippen molar-refractivity contribution in [3.05, 3.63) is 60.5 Å². The highest BCUT2D eigenvalue weighted by Crippen LogP contribution is 2.31. The van der Waals surface area contributed by atoms with Crippen LogP contribution in [-0.4, -0.2) is 38.6 Å². The van der Waals surface area contributed by atoms with E-state index in [1.54, 1.807) is 6.07 Å². The van der Waals surface area contributed by atoms with Crippen LogP contribution in [0.3, 0.4) is 0 Å². The number of anilines is 1. The number of rotatable bonds is 3. The lowest BCUT2D eigenvalue weighted by atomic mass is 10.2. The van der Waals surface area contributed by atoms with Crippen LogP contribution in [0.1, 0.15) is 0 Å². The van der Waals surface area contributed by atoms with Crippen LogP contribution in [0.4, 0.5) is 10.1 Å². The molecule has 1 aliphatic rings. The Morgan fingerprint density at radius 2 is 1.76 bits per heavy atom. The predicted octanol–water partition coefficient (Wildman–Crippen LogP) is 2.43. The fourth-order valence-electron chi connectivity index (χ4n) is 3.25. The van der Waals surface area contributed by atoms with Crippen LogP contribution in [-0.2, 0) is 10.0 Å². The van der Waals surface area contributed by atoms with E-state index >= 15 is 0 Å². The summed E-state index contributed by atoms with van der Waals surface area (Å²) in [6, 6.07) is 12.6. The number of nitrogens with one attached hydrogen (secondary N) is 1. The summed E-state index contributed by atoms with van der Waals surface area (Å²) in [5.74, 6) is -0.570. The normalized spacial score (nSPS) is 15.6. The molecule has 0 atom stereocenters. The van der Waals surface area contributed by atoms with Crippen LogP contribution in [0.15, 0.2) is 59.6 Å². The van der Waals surface area contributed by atoms with E-state index in [2.05, 4.69) is 10.2 Å². The zero-order valence-corrected chi connectivity index (χ0v) is 14.3. The minimum Gasteiger partial charge on any atom is -0.367 e. The van der Waals surface area contributed by atoms with Crippen LogP contribution < -0.4 is 10.2 Å². The largest absolute Gasteiger partial charge is 0.367 e. The van der Waals surface area contributed by atoms with Crippen molar-refractivity contribution in [2.24, 2.45) is 0 Å². The second-order valence-corrected chi connectivity index (χ2v) is 7.84. The van der Waals surface area contributed by atoms with Gasteiger partial charge in [0.1, 0.15) is 5.82 Å². The predicted molar refractivity (Wildman–Crippen MR) is 96.0 cm³/mol. The van der Waals surface area contributed by atoms with Gasteiger partial charge in [0.2, 0.25) is 0 Å². The number of hydrogen-bond acceptors (Lipinski definition) is 4. The molecular formula is C18H18FN3O2S. The number of nitrogens with zero attached hydrogens (tertiary/aromatic N) is 2. The minimum atomic E-state index is -3.87. The van der Waals surface area contributed by atoms with E-state index in [1.165, 1.54) is 28.4 Å². The van der Waals surface area contributed by atoms with Crippen molar-refractivity contribution < 1.29 is 12.8 Å².